The van der Waals surface area contributed by atoms with Crippen molar-refractivity contribution < 1.29 is 0 Å². The molecule has 1 unspecified atom stereocenters. The van der Waals surface area contributed by atoms with Gasteiger partial charge in [-0.1, -0.05) is 0 Å². The van der Waals surface area contributed by atoms with Gasteiger partial charge in [0.15, 0.2) is 0 Å². The normalized spacial score (nSPS) is 23.7. The maximum absolute atomic E-state index is 4.57. The molecule has 2 aliphatic rings. The second-order valence-electron chi connectivity index (χ2n) is 7.00. The summed E-state index contributed by atoms with van der Waals surface area (Å²) in [4.78, 5) is 5.13. The van der Waals surface area contributed by atoms with Gasteiger partial charge >= 0.3 is 0 Å². The molecule has 0 aliphatic carbocycles. The molecule has 0 aromatic carbocycles. The highest BCUT2D eigenvalue weighted by Gasteiger charge is 2.26. The van der Waals surface area contributed by atoms with Gasteiger partial charge in [-0.2, -0.15) is 11.8 Å². The Morgan fingerprint density at radius 1 is 1.09 bits per heavy atom. The van der Waals surface area contributed by atoms with Gasteiger partial charge in [0.25, 0.3) is 0 Å². The SMILES string of the molecule is CSCCCN1CCCC(c2nnc(CN3CCCC3)n2C)C1. The van der Waals surface area contributed by atoms with Crippen LogP contribution in [0.5, 0.6) is 0 Å². The van der Waals surface area contributed by atoms with Gasteiger partial charge in [-0.05, 0) is 70.3 Å². The van der Waals surface area contributed by atoms with Crippen LogP contribution in [0, 0.1) is 0 Å². The van der Waals surface area contributed by atoms with E-state index in [1.54, 1.807) is 0 Å². The number of aromatic nitrogens is 3. The van der Waals surface area contributed by atoms with Crippen LogP contribution in [0.15, 0.2) is 0 Å². The van der Waals surface area contributed by atoms with Crippen molar-refractivity contribution in [2.24, 2.45) is 7.05 Å². The second-order valence-corrected chi connectivity index (χ2v) is 7.99. The number of rotatable bonds is 7. The molecule has 0 bridgehead atoms. The van der Waals surface area contributed by atoms with Crippen molar-refractivity contribution >= 4 is 11.8 Å². The van der Waals surface area contributed by atoms with Crippen LogP contribution in [0.25, 0.3) is 0 Å². The van der Waals surface area contributed by atoms with Crippen LogP contribution in [-0.4, -0.2) is 69.3 Å². The average molecular weight is 338 g/mol. The van der Waals surface area contributed by atoms with Crippen molar-refractivity contribution in [1.82, 2.24) is 24.6 Å². The lowest BCUT2D eigenvalue weighted by Gasteiger charge is -2.32. The maximum atomic E-state index is 4.57. The van der Waals surface area contributed by atoms with E-state index in [0.29, 0.717) is 5.92 Å². The largest absolute Gasteiger partial charge is 0.317 e. The molecule has 0 N–H and O–H groups in total. The predicted octanol–water partition coefficient (Wildman–Crippen LogP) is 2.34. The van der Waals surface area contributed by atoms with Gasteiger partial charge in [-0.15, -0.1) is 10.2 Å². The molecule has 3 heterocycles. The first-order valence-corrected chi connectivity index (χ1v) is 10.5. The van der Waals surface area contributed by atoms with Gasteiger partial charge < -0.3 is 9.47 Å². The number of thioether (sulfide) groups is 1. The first-order valence-electron chi connectivity index (χ1n) is 9.09. The highest BCUT2D eigenvalue weighted by atomic mass is 32.2. The molecule has 1 atom stereocenters. The van der Waals surface area contributed by atoms with Crippen molar-refractivity contribution in [3.05, 3.63) is 11.6 Å². The van der Waals surface area contributed by atoms with E-state index in [2.05, 4.69) is 37.9 Å². The zero-order valence-electron chi connectivity index (χ0n) is 14.7. The van der Waals surface area contributed by atoms with E-state index in [9.17, 15) is 0 Å². The molecule has 0 amide bonds. The monoisotopic (exact) mass is 337 g/mol. The molecule has 23 heavy (non-hydrogen) atoms. The minimum absolute atomic E-state index is 0.558. The zero-order chi connectivity index (χ0) is 16.1. The summed E-state index contributed by atoms with van der Waals surface area (Å²) in [5, 5.41) is 9.07. The number of hydrogen-bond acceptors (Lipinski definition) is 5. The first-order chi connectivity index (χ1) is 11.3. The van der Waals surface area contributed by atoms with Gasteiger partial charge in [-0.25, -0.2) is 0 Å². The van der Waals surface area contributed by atoms with Crippen LogP contribution < -0.4 is 0 Å². The second kappa shape index (κ2) is 8.49. The maximum Gasteiger partial charge on any atom is 0.146 e. The molecular weight excluding hydrogens is 306 g/mol. The molecule has 1 aromatic heterocycles. The van der Waals surface area contributed by atoms with Crippen LogP contribution in [0.3, 0.4) is 0 Å². The highest BCUT2D eigenvalue weighted by Crippen LogP contribution is 2.26. The highest BCUT2D eigenvalue weighted by molar-refractivity contribution is 7.98. The molecule has 2 saturated heterocycles. The van der Waals surface area contributed by atoms with E-state index < -0.39 is 0 Å². The van der Waals surface area contributed by atoms with Crippen LogP contribution in [0.4, 0.5) is 0 Å². The van der Waals surface area contributed by atoms with E-state index in [1.807, 2.05) is 11.8 Å². The third kappa shape index (κ3) is 4.48. The lowest BCUT2D eigenvalue weighted by Crippen LogP contribution is -2.36. The smallest absolute Gasteiger partial charge is 0.146 e. The molecule has 5 nitrogen and oxygen atoms in total. The lowest BCUT2D eigenvalue weighted by molar-refractivity contribution is 0.203. The summed E-state index contributed by atoms with van der Waals surface area (Å²) >= 11 is 1.95. The minimum Gasteiger partial charge on any atom is -0.317 e. The zero-order valence-corrected chi connectivity index (χ0v) is 15.5. The summed E-state index contributed by atoms with van der Waals surface area (Å²) < 4.78 is 2.27. The summed E-state index contributed by atoms with van der Waals surface area (Å²) in [6.45, 7) is 7.04. The standard InChI is InChI=1S/C17H31N5S/c1-20-16(14-22-8-3-4-9-22)18-19-17(20)15-7-5-10-21(13-15)11-6-12-23-2/h15H,3-14H2,1-2H3. The fourth-order valence-corrected chi connectivity index (χ4v) is 4.33. The average Bonchev–Trinajstić information content (AvgIpc) is 3.19. The number of piperidine rings is 1. The summed E-state index contributed by atoms with van der Waals surface area (Å²) in [5.74, 6) is 4.17. The van der Waals surface area contributed by atoms with Crippen LogP contribution in [0.2, 0.25) is 0 Å². The minimum atomic E-state index is 0.558. The van der Waals surface area contributed by atoms with E-state index in [-0.39, 0.29) is 0 Å². The van der Waals surface area contributed by atoms with Gasteiger partial charge in [-0.3, -0.25) is 4.90 Å². The number of hydrogen-bond donors (Lipinski definition) is 0. The van der Waals surface area contributed by atoms with Crippen molar-refractivity contribution in [2.45, 2.75) is 44.6 Å². The molecule has 2 aliphatic heterocycles. The Bertz CT molecular complexity index is 483. The Labute approximate surface area is 144 Å². The van der Waals surface area contributed by atoms with Gasteiger partial charge in [0, 0.05) is 19.5 Å². The van der Waals surface area contributed by atoms with Gasteiger partial charge in [0.05, 0.1) is 6.54 Å². The molecular formula is C17H31N5S. The molecule has 6 heteroatoms. The summed E-state index contributed by atoms with van der Waals surface area (Å²) in [6.07, 6.45) is 8.71. The van der Waals surface area contributed by atoms with Crippen molar-refractivity contribution in [3.63, 3.8) is 0 Å². The Morgan fingerprint density at radius 3 is 2.65 bits per heavy atom. The molecule has 2 fully saturated rings. The first kappa shape index (κ1) is 17.2. The van der Waals surface area contributed by atoms with Crippen LogP contribution in [-0.2, 0) is 13.6 Å². The van der Waals surface area contributed by atoms with Gasteiger partial charge in [0.1, 0.15) is 11.6 Å². The summed E-state index contributed by atoms with van der Waals surface area (Å²) in [6, 6.07) is 0. The Morgan fingerprint density at radius 2 is 1.87 bits per heavy atom. The third-order valence-electron chi connectivity index (χ3n) is 5.26. The van der Waals surface area contributed by atoms with E-state index in [0.717, 1.165) is 18.9 Å². The topological polar surface area (TPSA) is 37.2 Å². The number of likely N-dealkylation sites (tertiary alicyclic amines) is 2. The third-order valence-corrected chi connectivity index (χ3v) is 5.95. The van der Waals surface area contributed by atoms with Crippen LogP contribution in [0.1, 0.15) is 49.7 Å². The Balaban J connectivity index is 1.58. The van der Waals surface area contributed by atoms with Crippen LogP contribution >= 0.6 is 11.8 Å². The number of nitrogens with zero attached hydrogens (tertiary/aromatic N) is 5. The molecule has 0 radical (unpaired) electrons. The Hall–Kier alpha value is -0.590. The molecule has 1 aromatic rings. The molecule has 3 rings (SSSR count). The van der Waals surface area contributed by atoms with E-state index in [1.165, 1.54) is 69.9 Å². The van der Waals surface area contributed by atoms with Crippen molar-refractivity contribution in [2.75, 3.05) is 44.7 Å². The van der Waals surface area contributed by atoms with Gasteiger partial charge in [0.2, 0.25) is 0 Å². The van der Waals surface area contributed by atoms with Crippen molar-refractivity contribution in [1.29, 1.82) is 0 Å². The Kier molecular flexibility index (Phi) is 6.36. The summed E-state index contributed by atoms with van der Waals surface area (Å²) in [5.41, 5.74) is 0. The fraction of sp³-hybridized carbons (Fsp3) is 0.882. The summed E-state index contributed by atoms with van der Waals surface area (Å²) in [7, 11) is 2.16. The molecule has 130 valence electrons. The van der Waals surface area contributed by atoms with Crippen molar-refractivity contribution in [3.8, 4) is 0 Å². The fourth-order valence-electron chi connectivity index (χ4n) is 3.91. The van der Waals surface area contributed by atoms with E-state index >= 15 is 0 Å². The predicted molar refractivity (Wildman–Crippen MR) is 96.9 cm³/mol. The molecule has 0 saturated carbocycles. The lowest BCUT2D eigenvalue weighted by atomic mass is 9.97. The quantitative estimate of drug-likeness (QED) is 0.714. The molecule has 0 spiro atoms. The van der Waals surface area contributed by atoms with E-state index in [4.69, 9.17) is 0 Å².